The minimum Gasteiger partial charge on any atom is -0.493 e. The average Bonchev–Trinajstić information content (AvgIpc) is 2.74. The zero-order chi connectivity index (χ0) is 12.4. The van der Waals surface area contributed by atoms with E-state index in [0.29, 0.717) is 16.5 Å². The topological polar surface area (TPSA) is 31.4 Å². The average molecular weight is 270 g/mol. The molecule has 0 aliphatic rings. The molecule has 0 N–H and O–H groups in total. The van der Waals surface area contributed by atoms with Crippen LogP contribution in [0.1, 0.15) is 5.69 Å². The van der Waals surface area contributed by atoms with Crippen molar-refractivity contribution in [2.45, 2.75) is 6.92 Å². The van der Waals surface area contributed by atoms with Crippen LogP contribution >= 0.6 is 22.9 Å². The summed E-state index contributed by atoms with van der Waals surface area (Å²) in [6, 6.07) is 3.71. The Morgan fingerprint density at radius 1 is 1.24 bits per heavy atom. The van der Waals surface area contributed by atoms with E-state index in [4.69, 9.17) is 21.1 Å². The lowest BCUT2D eigenvalue weighted by Crippen LogP contribution is -1.92. The van der Waals surface area contributed by atoms with Gasteiger partial charge in [0.05, 0.1) is 19.2 Å². The minimum absolute atomic E-state index is 0.523. The molecular formula is C12H12ClNO2S. The van der Waals surface area contributed by atoms with E-state index in [2.05, 4.69) is 4.98 Å². The highest BCUT2D eigenvalue weighted by atomic mass is 35.5. The van der Waals surface area contributed by atoms with Crippen LogP contribution in [0.2, 0.25) is 5.02 Å². The van der Waals surface area contributed by atoms with E-state index >= 15 is 0 Å². The number of rotatable bonds is 3. The molecule has 1 heterocycles. The van der Waals surface area contributed by atoms with Gasteiger partial charge in [-0.2, -0.15) is 0 Å². The Morgan fingerprint density at radius 3 is 2.53 bits per heavy atom. The molecule has 2 rings (SSSR count). The minimum atomic E-state index is 0.523. The Balaban J connectivity index is 2.53. The molecule has 17 heavy (non-hydrogen) atoms. The summed E-state index contributed by atoms with van der Waals surface area (Å²) in [5.41, 5.74) is 1.93. The van der Waals surface area contributed by atoms with E-state index in [9.17, 15) is 0 Å². The van der Waals surface area contributed by atoms with Crippen molar-refractivity contribution in [2.24, 2.45) is 0 Å². The highest BCUT2D eigenvalue weighted by Gasteiger charge is 2.13. The van der Waals surface area contributed by atoms with Crippen LogP contribution < -0.4 is 9.47 Å². The molecule has 3 nitrogen and oxygen atoms in total. The number of thiazole rings is 1. The van der Waals surface area contributed by atoms with Gasteiger partial charge in [-0.25, -0.2) is 4.98 Å². The molecule has 1 aromatic heterocycles. The molecule has 5 heteroatoms. The first-order chi connectivity index (χ1) is 8.15. The smallest absolute Gasteiger partial charge is 0.179 e. The maximum absolute atomic E-state index is 6.14. The van der Waals surface area contributed by atoms with Gasteiger partial charge in [0, 0.05) is 16.6 Å². The van der Waals surface area contributed by atoms with E-state index in [1.54, 1.807) is 25.6 Å². The lowest BCUT2D eigenvalue weighted by Gasteiger charge is -2.10. The first-order valence-corrected chi connectivity index (χ1v) is 6.25. The molecule has 0 atom stereocenters. The molecule has 0 aliphatic heterocycles. The van der Waals surface area contributed by atoms with E-state index in [1.165, 1.54) is 0 Å². The van der Waals surface area contributed by atoms with Crippen molar-refractivity contribution >= 4 is 22.9 Å². The third kappa shape index (κ3) is 2.37. The number of aryl methyl sites for hydroxylation is 1. The van der Waals surface area contributed by atoms with Gasteiger partial charge >= 0.3 is 0 Å². The predicted octanol–water partition coefficient (Wildman–Crippen LogP) is 3.79. The van der Waals surface area contributed by atoms with Crippen LogP contribution in [-0.2, 0) is 0 Å². The van der Waals surface area contributed by atoms with E-state index in [0.717, 1.165) is 16.3 Å². The summed E-state index contributed by atoms with van der Waals surface area (Å²) in [7, 11) is 3.15. The molecule has 1 aromatic carbocycles. The zero-order valence-corrected chi connectivity index (χ0v) is 11.4. The van der Waals surface area contributed by atoms with Gasteiger partial charge in [-0.05, 0) is 19.1 Å². The van der Waals surface area contributed by atoms with Gasteiger partial charge in [-0.1, -0.05) is 11.6 Å². The Kier molecular flexibility index (Phi) is 3.54. The summed E-state index contributed by atoms with van der Waals surface area (Å²) >= 11 is 7.72. The monoisotopic (exact) mass is 269 g/mol. The highest BCUT2D eigenvalue weighted by molar-refractivity contribution is 7.13. The SMILES string of the molecule is COc1cc(-c2nc(C)cs2)cc(Cl)c1OC. The number of hydrogen-bond donors (Lipinski definition) is 0. The lowest BCUT2D eigenvalue weighted by molar-refractivity contribution is 0.355. The number of benzene rings is 1. The molecular weight excluding hydrogens is 258 g/mol. The second kappa shape index (κ2) is 4.94. The summed E-state index contributed by atoms with van der Waals surface area (Å²) in [6.45, 7) is 1.96. The van der Waals surface area contributed by atoms with Crippen molar-refractivity contribution < 1.29 is 9.47 Å². The van der Waals surface area contributed by atoms with Crippen molar-refractivity contribution in [3.8, 4) is 22.1 Å². The summed E-state index contributed by atoms with van der Waals surface area (Å²) < 4.78 is 10.4. The van der Waals surface area contributed by atoms with Gasteiger partial charge in [-0.3, -0.25) is 0 Å². The van der Waals surface area contributed by atoms with Crippen LogP contribution in [-0.4, -0.2) is 19.2 Å². The summed E-state index contributed by atoms with van der Waals surface area (Å²) in [5.74, 6) is 1.16. The Morgan fingerprint density at radius 2 is 2.00 bits per heavy atom. The molecule has 0 unspecified atom stereocenters. The quantitative estimate of drug-likeness (QED) is 0.850. The maximum Gasteiger partial charge on any atom is 0.179 e. The molecule has 0 aliphatic carbocycles. The fourth-order valence-electron chi connectivity index (χ4n) is 1.53. The number of halogens is 1. The number of nitrogens with zero attached hydrogens (tertiary/aromatic N) is 1. The molecule has 2 aromatic rings. The third-order valence-electron chi connectivity index (χ3n) is 2.30. The standard InChI is InChI=1S/C12H12ClNO2S/c1-7-6-17-12(14-7)8-4-9(13)11(16-3)10(5-8)15-2/h4-6H,1-3H3. The van der Waals surface area contributed by atoms with E-state index in [-0.39, 0.29) is 0 Å². The Bertz CT molecular complexity index is 539. The molecule has 0 radical (unpaired) electrons. The van der Waals surface area contributed by atoms with Crippen molar-refractivity contribution in [1.29, 1.82) is 0 Å². The van der Waals surface area contributed by atoms with E-state index in [1.807, 2.05) is 24.4 Å². The Hall–Kier alpha value is -1.26. The lowest BCUT2D eigenvalue weighted by atomic mass is 10.2. The first kappa shape index (κ1) is 12.2. The molecule has 0 spiro atoms. The second-order valence-corrected chi connectivity index (χ2v) is 4.75. The third-order valence-corrected chi connectivity index (χ3v) is 3.59. The molecule has 0 bridgehead atoms. The predicted molar refractivity (Wildman–Crippen MR) is 70.4 cm³/mol. The van der Waals surface area contributed by atoms with Crippen LogP contribution in [0.5, 0.6) is 11.5 Å². The van der Waals surface area contributed by atoms with Gasteiger partial charge in [0.15, 0.2) is 11.5 Å². The van der Waals surface area contributed by atoms with Gasteiger partial charge in [0.1, 0.15) is 5.01 Å². The molecule has 0 saturated heterocycles. The largest absolute Gasteiger partial charge is 0.493 e. The van der Waals surface area contributed by atoms with Crippen LogP contribution in [0, 0.1) is 6.92 Å². The van der Waals surface area contributed by atoms with E-state index < -0.39 is 0 Å². The number of ether oxygens (including phenoxy) is 2. The number of aromatic nitrogens is 1. The zero-order valence-electron chi connectivity index (χ0n) is 9.78. The van der Waals surface area contributed by atoms with Crippen LogP contribution in [0.25, 0.3) is 10.6 Å². The van der Waals surface area contributed by atoms with Crippen LogP contribution in [0.15, 0.2) is 17.5 Å². The number of methoxy groups -OCH3 is 2. The van der Waals surface area contributed by atoms with Crippen molar-refractivity contribution in [3.05, 3.63) is 28.2 Å². The fraction of sp³-hybridized carbons (Fsp3) is 0.250. The van der Waals surface area contributed by atoms with Crippen LogP contribution in [0.4, 0.5) is 0 Å². The Labute approximate surface area is 109 Å². The summed E-state index contributed by atoms with van der Waals surface area (Å²) in [5, 5.41) is 3.44. The van der Waals surface area contributed by atoms with Crippen molar-refractivity contribution in [2.75, 3.05) is 14.2 Å². The molecule has 90 valence electrons. The first-order valence-electron chi connectivity index (χ1n) is 4.99. The van der Waals surface area contributed by atoms with Crippen LogP contribution in [0.3, 0.4) is 0 Å². The van der Waals surface area contributed by atoms with Crippen molar-refractivity contribution in [1.82, 2.24) is 4.98 Å². The number of hydrogen-bond acceptors (Lipinski definition) is 4. The molecule has 0 fully saturated rings. The highest BCUT2D eigenvalue weighted by Crippen LogP contribution is 2.39. The molecule has 0 amide bonds. The second-order valence-electron chi connectivity index (χ2n) is 3.49. The summed E-state index contributed by atoms with van der Waals surface area (Å²) in [4.78, 5) is 4.42. The van der Waals surface area contributed by atoms with Gasteiger partial charge < -0.3 is 9.47 Å². The van der Waals surface area contributed by atoms with Gasteiger partial charge in [-0.15, -0.1) is 11.3 Å². The van der Waals surface area contributed by atoms with Crippen molar-refractivity contribution in [3.63, 3.8) is 0 Å². The molecule has 0 saturated carbocycles. The fourth-order valence-corrected chi connectivity index (χ4v) is 2.60. The normalized spacial score (nSPS) is 10.4. The van der Waals surface area contributed by atoms with Gasteiger partial charge in [0.2, 0.25) is 0 Å². The summed E-state index contributed by atoms with van der Waals surface area (Å²) in [6.07, 6.45) is 0. The van der Waals surface area contributed by atoms with Gasteiger partial charge in [0.25, 0.3) is 0 Å². The maximum atomic E-state index is 6.14.